The lowest BCUT2D eigenvalue weighted by Crippen LogP contribution is -2.50. The van der Waals surface area contributed by atoms with Gasteiger partial charge in [-0.05, 0) is 17.7 Å². The molecule has 0 N–H and O–H groups in total. The lowest BCUT2D eigenvalue weighted by atomic mass is 9.78. The molecule has 168 valence electrons. The molecule has 0 bridgehead atoms. The number of hydrogen-bond acceptors (Lipinski definition) is 4. The zero-order valence-corrected chi connectivity index (χ0v) is 19.7. The Morgan fingerprint density at radius 3 is 1.68 bits per heavy atom. The largest absolute Gasteiger partial charge is 0.336 e. The Morgan fingerprint density at radius 1 is 0.647 bits per heavy atom. The summed E-state index contributed by atoms with van der Waals surface area (Å²) in [6.07, 6.45) is -1.86. The van der Waals surface area contributed by atoms with E-state index in [9.17, 15) is 9.59 Å². The Labute approximate surface area is 206 Å². The first kappa shape index (κ1) is 22.4. The fourth-order valence-electron chi connectivity index (χ4n) is 4.27. The summed E-state index contributed by atoms with van der Waals surface area (Å²) in [5.41, 5.74) is 0.252. The van der Waals surface area contributed by atoms with Crippen LogP contribution in [0.2, 0.25) is 0 Å². The Kier molecular flexibility index (Phi) is 6.24. The van der Waals surface area contributed by atoms with Gasteiger partial charge >= 0.3 is 0 Å². The number of benzene rings is 4. The van der Waals surface area contributed by atoms with E-state index in [1.54, 1.807) is 48.5 Å². The number of carbonyl (C=O) groups is 2. The maximum Gasteiger partial charge on any atom is 0.226 e. The van der Waals surface area contributed by atoms with Crippen LogP contribution in [0.25, 0.3) is 0 Å². The number of Topliss-reactive ketones (excluding diaryl/α,β-unsaturated/α-hetero) is 2. The summed E-state index contributed by atoms with van der Waals surface area (Å²) >= 11 is 3.48. The fraction of sp³-hybridized carbons (Fsp3) is 0.103. The second-order valence-corrected chi connectivity index (χ2v) is 8.97. The summed E-state index contributed by atoms with van der Waals surface area (Å²) in [6, 6.07) is 34.3. The first-order valence-corrected chi connectivity index (χ1v) is 11.7. The van der Waals surface area contributed by atoms with Gasteiger partial charge in [-0.15, -0.1) is 0 Å². The summed E-state index contributed by atoms with van der Waals surface area (Å²) in [5.74, 6) is -0.874. The Hall–Kier alpha value is -3.38. The molecule has 0 aliphatic carbocycles. The molecular formula is C29H21BrO4. The minimum absolute atomic E-state index is 0.381. The van der Waals surface area contributed by atoms with Gasteiger partial charge in [0.1, 0.15) is 6.10 Å². The third-order valence-corrected chi connectivity index (χ3v) is 6.38. The maximum atomic E-state index is 14.2. The van der Waals surface area contributed by atoms with Crippen molar-refractivity contribution in [1.82, 2.24) is 0 Å². The van der Waals surface area contributed by atoms with Gasteiger partial charge in [0.15, 0.2) is 6.29 Å². The molecule has 0 spiro atoms. The second kappa shape index (κ2) is 9.47. The van der Waals surface area contributed by atoms with Crippen LogP contribution in [0, 0.1) is 0 Å². The number of carbonyl (C=O) groups excluding carboxylic acids is 2. The van der Waals surface area contributed by atoms with Crippen molar-refractivity contribution in [3.63, 3.8) is 0 Å². The van der Waals surface area contributed by atoms with E-state index in [0.717, 1.165) is 4.47 Å². The summed E-state index contributed by atoms with van der Waals surface area (Å²) < 4.78 is 13.7. The lowest BCUT2D eigenvalue weighted by molar-refractivity contribution is -0.0769. The van der Waals surface area contributed by atoms with Crippen molar-refractivity contribution < 1.29 is 19.1 Å². The monoisotopic (exact) mass is 512 g/mol. The van der Waals surface area contributed by atoms with Gasteiger partial charge in [-0.3, -0.25) is 9.59 Å². The molecule has 0 radical (unpaired) electrons. The zero-order valence-electron chi connectivity index (χ0n) is 18.1. The van der Waals surface area contributed by atoms with Gasteiger partial charge in [0.2, 0.25) is 17.2 Å². The van der Waals surface area contributed by atoms with Gasteiger partial charge in [0.25, 0.3) is 0 Å². The Balaban J connectivity index is 1.72. The molecule has 5 heteroatoms. The fourth-order valence-corrected chi connectivity index (χ4v) is 4.69. The second-order valence-electron chi connectivity index (χ2n) is 8.06. The van der Waals surface area contributed by atoms with E-state index in [4.69, 9.17) is 9.47 Å². The molecule has 0 amide bonds. The molecule has 2 atom stereocenters. The van der Waals surface area contributed by atoms with Crippen molar-refractivity contribution in [2.45, 2.75) is 18.0 Å². The molecule has 1 saturated heterocycles. The molecular weight excluding hydrogens is 492 g/mol. The minimum Gasteiger partial charge on any atom is -0.336 e. The van der Waals surface area contributed by atoms with Gasteiger partial charge in [-0.1, -0.05) is 119 Å². The molecule has 0 saturated carbocycles. The molecule has 4 aromatic carbocycles. The van der Waals surface area contributed by atoms with E-state index in [1.165, 1.54) is 0 Å². The lowest BCUT2D eigenvalue weighted by Gasteiger charge is -2.30. The molecule has 5 rings (SSSR count). The Bertz CT molecular complexity index is 1250. The normalized spacial score (nSPS) is 19.0. The highest BCUT2D eigenvalue weighted by Gasteiger charge is 2.61. The van der Waals surface area contributed by atoms with Gasteiger partial charge < -0.3 is 9.47 Å². The van der Waals surface area contributed by atoms with Crippen molar-refractivity contribution in [2.24, 2.45) is 0 Å². The van der Waals surface area contributed by atoms with Crippen LogP contribution in [-0.2, 0) is 9.47 Å². The van der Waals surface area contributed by atoms with Crippen LogP contribution in [0.15, 0.2) is 120 Å². The summed E-state index contributed by atoms with van der Waals surface area (Å²) in [7, 11) is 0. The third-order valence-electron chi connectivity index (χ3n) is 5.89. The molecule has 1 aliphatic rings. The molecule has 1 heterocycles. The highest BCUT2D eigenvalue weighted by Crippen LogP contribution is 2.50. The predicted molar refractivity (Wildman–Crippen MR) is 133 cm³/mol. The topological polar surface area (TPSA) is 52.6 Å². The van der Waals surface area contributed by atoms with Crippen LogP contribution in [0.4, 0.5) is 0 Å². The standard InChI is InChI=1S/C29H21BrO4/c30-24-18-10-17-23(19-24)28-33-27(22-15-8-3-9-16-22)29(34-28,25(31)20-11-4-1-5-12-20)26(32)21-13-6-2-7-14-21/h1-19,27-28H. The summed E-state index contributed by atoms with van der Waals surface area (Å²) in [4.78, 5) is 28.4. The van der Waals surface area contributed by atoms with Crippen LogP contribution >= 0.6 is 15.9 Å². The SMILES string of the molecule is O=C(c1ccccc1)C1(C(=O)c2ccccc2)OC(c2cccc(Br)c2)OC1c1ccccc1. The highest BCUT2D eigenvalue weighted by molar-refractivity contribution is 9.10. The predicted octanol–water partition coefficient (Wildman–Crippen LogP) is 6.74. The van der Waals surface area contributed by atoms with Crippen molar-refractivity contribution in [3.8, 4) is 0 Å². The molecule has 34 heavy (non-hydrogen) atoms. The first-order chi connectivity index (χ1) is 16.6. The minimum atomic E-state index is -1.91. The summed E-state index contributed by atoms with van der Waals surface area (Å²) in [5, 5.41) is 0. The molecule has 4 aromatic rings. The number of halogens is 1. The average Bonchev–Trinajstić information content (AvgIpc) is 3.31. The van der Waals surface area contributed by atoms with Crippen molar-refractivity contribution >= 4 is 27.5 Å². The highest BCUT2D eigenvalue weighted by atomic mass is 79.9. The number of ether oxygens (including phenoxy) is 2. The zero-order chi connectivity index (χ0) is 23.5. The van der Waals surface area contributed by atoms with E-state index >= 15 is 0 Å². The number of hydrogen-bond donors (Lipinski definition) is 0. The number of ketones is 2. The molecule has 2 unspecified atom stereocenters. The van der Waals surface area contributed by atoms with Crippen LogP contribution in [0.3, 0.4) is 0 Å². The quantitative estimate of drug-likeness (QED) is 0.212. The van der Waals surface area contributed by atoms with E-state index in [-0.39, 0.29) is 0 Å². The van der Waals surface area contributed by atoms with Crippen LogP contribution in [0.1, 0.15) is 44.2 Å². The molecule has 0 aromatic heterocycles. The van der Waals surface area contributed by atoms with Gasteiger partial charge in [0.05, 0.1) is 0 Å². The van der Waals surface area contributed by atoms with Crippen molar-refractivity contribution in [3.05, 3.63) is 142 Å². The average molecular weight is 513 g/mol. The van der Waals surface area contributed by atoms with Gasteiger partial charge in [-0.2, -0.15) is 0 Å². The van der Waals surface area contributed by atoms with Gasteiger partial charge in [0, 0.05) is 21.2 Å². The third kappa shape index (κ3) is 4.03. The molecule has 1 fully saturated rings. The van der Waals surface area contributed by atoms with Gasteiger partial charge in [-0.25, -0.2) is 0 Å². The van der Waals surface area contributed by atoms with E-state index in [2.05, 4.69) is 15.9 Å². The molecule has 4 nitrogen and oxygen atoms in total. The smallest absolute Gasteiger partial charge is 0.226 e. The van der Waals surface area contributed by atoms with E-state index in [1.807, 2.05) is 66.7 Å². The van der Waals surface area contributed by atoms with E-state index in [0.29, 0.717) is 22.3 Å². The summed E-state index contributed by atoms with van der Waals surface area (Å²) in [6.45, 7) is 0. The van der Waals surface area contributed by atoms with Crippen LogP contribution in [0.5, 0.6) is 0 Å². The van der Waals surface area contributed by atoms with Crippen LogP contribution < -0.4 is 0 Å². The first-order valence-electron chi connectivity index (χ1n) is 10.9. The molecule has 1 aliphatic heterocycles. The van der Waals surface area contributed by atoms with Crippen molar-refractivity contribution in [1.29, 1.82) is 0 Å². The van der Waals surface area contributed by atoms with Crippen molar-refractivity contribution in [2.75, 3.05) is 0 Å². The Morgan fingerprint density at radius 2 is 1.15 bits per heavy atom. The van der Waals surface area contributed by atoms with Crippen LogP contribution in [-0.4, -0.2) is 17.2 Å². The number of rotatable bonds is 6. The maximum absolute atomic E-state index is 14.2. The van der Waals surface area contributed by atoms with E-state index < -0.39 is 29.6 Å².